The highest BCUT2D eigenvalue weighted by Crippen LogP contribution is 2.04. The first kappa shape index (κ1) is 19.8. The molecule has 0 unspecified atom stereocenters. The molecule has 134 valence electrons. The number of carbonyl (C=O) groups is 2. The Morgan fingerprint density at radius 1 is 0.792 bits per heavy atom. The van der Waals surface area contributed by atoms with Crippen LogP contribution in [0.1, 0.15) is 50.7 Å². The van der Waals surface area contributed by atoms with E-state index >= 15 is 0 Å². The maximum atomic E-state index is 11.4. The predicted octanol–water partition coefficient (Wildman–Crippen LogP) is 3.74. The molecule has 1 aromatic rings. The first-order valence-electron chi connectivity index (χ1n) is 8.54. The molecule has 0 aromatic heterocycles. The Morgan fingerprint density at radius 3 is 1.50 bits per heavy atom. The summed E-state index contributed by atoms with van der Waals surface area (Å²) in [5.74, 6) is 0. The second-order valence-corrected chi connectivity index (χ2v) is 5.50. The van der Waals surface area contributed by atoms with E-state index in [1.54, 1.807) is 0 Å². The number of benzene rings is 1. The van der Waals surface area contributed by atoms with Gasteiger partial charge in [-0.3, -0.25) is 0 Å². The topological polar surface area (TPSA) is 76.7 Å². The summed E-state index contributed by atoms with van der Waals surface area (Å²) >= 11 is 0. The smallest absolute Gasteiger partial charge is 0.407 e. The van der Waals surface area contributed by atoms with Gasteiger partial charge in [0, 0.05) is 13.1 Å². The van der Waals surface area contributed by atoms with E-state index in [-0.39, 0.29) is 0 Å². The average Bonchev–Trinajstić information content (AvgIpc) is 2.59. The lowest BCUT2D eigenvalue weighted by Crippen LogP contribution is -2.24. The minimum atomic E-state index is -0.399. The van der Waals surface area contributed by atoms with Crippen LogP contribution >= 0.6 is 0 Å². The van der Waals surface area contributed by atoms with Gasteiger partial charge in [-0.2, -0.15) is 0 Å². The zero-order valence-corrected chi connectivity index (χ0v) is 14.6. The molecule has 0 bridgehead atoms. The van der Waals surface area contributed by atoms with E-state index in [1.165, 1.54) is 0 Å². The Kier molecular flexibility index (Phi) is 10.1. The van der Waals surface area contributed by atoms with Gasteiger partial charge < -0.3 is 20.1 Å². The summed E-state index contributed by atoms with van der Waals surface area (Å²) in [5.41, 5.74) is 1.94. The lowest BCUT2D eigenvalue weighted by atomic mass is 10.1. The fourth-order valence-electron chi connectivity index (χ4n) is 1.84. The number of nitrogens with one attached hydrogen (secondary N) is 2. The second-order valence-electron chi connectivity index (χ2n) is 5.50. The molecule has 0 fully saturated rings. The van der Waals surface area contributed by atoms with Crippen molar-refractivity contribution in [3.05, 3.63) is 35.4 Å². The van der Waals surface area contributed by atoms with Crippen molar-refractivity contribution >= 4 is 12.2 Å². The normalized spacial score (nSPS) is 10.1. The monoisotopic (exact) mass is 336 g/mol. The van der Waals surface area contributed by atoms with Crippen LogP contribution in [-0.4, -0.2) is 25.4 Å². The summed E-state index contributed by atoms with van der Waals surface area (Å²) in [6.07, 6.45) is 2.93. The van der Waals surface area contributed by atoms with E-state index in [9.17, 15) is 9.59 Å². The van der Waals surface area contributed by atoms with Gasteiger partial charge in [0.1, 0.15) is 0 Å². The minimum Gasteiger partial charge on any atom is -0.450 e. The van der Waals surface area contributed by atoms with Gasteiger partial charge in [0.15, 0.2) is 0 Å². The highest BCUT2D eigenvalue weighted by Gasteiger charge is 2.03. The fourth-order valence-corrected chi connectivity index (χ4v) is 1.84. The van der Waals surface area contributed by atoms with Crippen LogP contribution in [0.4, 0.5) is 9.59 Å². The molecule has 2 amide bonds. The molecule has 6 heteroatoms. The number of alkyl carbamates (subject to hydrolysis) is 2. The number of ether oxygens (including phenoxy) is 2. The van der Waals surface area contributed by atoms with E-state index in [0.29, 0.717) is 26.3 Å². The van der Waals surface area contributed by atoms with Crippen LogP contribution in [0.2, 0.25) is 0 Å². The van der Waals surface area contributed by atoms with E-state index < -0.39 is 12.2 Å². The summed E-state index contributed by atoms with van der Waals surface area (Å²) in [6, 6.07) is 7.63. The Hall–Kier alpha value is -2.24. The third-order valence-corrected chi connectivity index (χ3v) is 3.36. The molecular formula is C18H28N2O4. The molecule has 0 aliphatic rings. The number of unbranched alkanes of at least 4 members (excludes halogenated alkanes) is 2. The quantitative estimate of drug-likeness (QED) is 0.638. The van der Waals surface area contributed by atoms with Crippen LogP contribution in [0.3, 0.4) is 0 Å². The van der Waals surface area contributed by atoms with Gasteiger partial charge in [0.05, 0.1) is 13.2 Å². The summed E-state index contributed by atoms with van der Waals surface area (Å²) < 4.78 is 10.0. The predicted molar refractivity (Wildman–Crippen MR) is 92.6 cm³/mol. The van der Waals surface area contributed by atoms with E-state index in [2.05, 4.69) is 10.6 Å². The standard InChI is InChI=1S/C18H28N2O4/c1-3-5-11-23-17(21)19-13-15-7-9-16(10-8-15)14-20-18(22)24-12-6-4-2/h7-10H,3-6,11-14H2,1-2H3,(H,19,21)(H,20,22). The van der Waals surface area contributed by atoms with Gasteiger partial charge >= 0.3 is 12.2 Å². The molecule has 1 rings (SSSR count). The SMILES string of the molecule is CCCCOC(=O)NCc1ccc(CNC(=O)OCCCC)cc1. The molecular weight excluding hydrogens is 308 g/mol. The largest absolute Gasteiger partial charge is 0.450 e. The minimum absolute atomic E-state index is 0.399. The van der Waals surface area contributed by atoms with Gasteiger partial charge in [-0.15, -0.1) is 0 Å². The van der Waals surface area contributed by atoms with Gasteiger partial charge in [-0.05, 0) is 24.0 Å². The van der Waals surface area contributed by atoms with Crippen LogP contribution in [-0.2, 0) is 22.6 Å². The third-order valence-electron chi connectivity index (χ3n) is 3.36. The first-order valence-corrected chi connectivity index (χ1v) is 8.54. The third kappa shape index (κ3) is 9.02. The molecule has 6 nitrogen and oxygen atoms in total. The van der Waals surface area contributed by atoms with Crippen LogP contribution in [0.15, 0.2) is 24.3 Å². The fraction of sp³-hybridized carbons (Fsp3) is 0.556. The van der Waals surface area contributed by atoms with Crippen LogP contribution in [0.5, 0.6) is 0 Å². The van der Waals surface area contributed by atoms with Crippen molar-refractivity contribution in [2.75, 3.05) is 13.2 Å². The van der Waals surface area contributed by atoms with Crippen molar-refractivity contribution in [3.8, 4) is 0 Å². The lowest BCUT2D eigenvalue weighted by molar-refractivity contribution is 0.143. The number of hydrogen-bond donors (Lipinski definition) is 2. The van der Waals surface area contributed by atoms with Gasteiger partial charge in [0.2, 0.25) is 0 Å². The Labute approximate surface area is 143 Å². The van der Waals surface area contributed by atoms with Crippen LogP contribution in [0, 0.1) is 0 Å². The van der Waals surface area contributed by atoms with Crippen molar-refractivity contribution in [2.24, 2.45) is 0 Å². The highest BCUT2D eigenvalue weighted by atomic mass is 16.6. The number of carbonyl (C=O) groups excluding carboxylic acids is 2. The summed E-state index contributed by atoms with van der Waals surface area (Å²) in [4.78, 5) is 22.9. The maximum Gasteiger partial charge on any atom is 0.407 e. The van der Waals surface area contributed by atoms with Crippen molar-refractivity contribution in [2.45, 2.75) is 52.6 Å². The molecule has 0 aliphatic carbocycles. The maximum absolute atomic E-state index is 11.4. The van der Waals surface area contributed by atoms with E-state index in [0.717, 1.165) is 36.8 Å². The molecule has 0 radical (unpaired) electrons. The Morgan fingerprint density at radius 2 is 1.17 bits per heavy atom. The van der Waals surface area contributed by atoms with Crippen molar-refractivity contribution in [3.63, 3.8) is 0 Å². The second kappa shape index (κ2) is 12.2. The van der Waals surface area contributed by atoms with Crippen LogP contribution < -0.4 is 10.6 Å². The Balaban J connectivity index is 2.25. The molecule has 0 atom stereocenters. The van der Waals surface area contributed by atoms with Crippen molar-refractivity contribution < 1.29 is 19.1 Å². The molecule has 0 saturated heterocycles. The van der Waals surface area contributed by atoms with Gasteiger partial charge in [-0.25, -0.2) is 9.59 Å². The summed E-state index contributed by atoms with van der Waals surface area (Å²) in [5, 5.41) is 5.41. The Bertz CT molecular complexity index is 443. The van der Waals surface area contributed by atoms with E-state index in [1.807, 2.05) is 38.1 Å². The van der Waals surface area contributed by atoms with Crippen LogP contribution in [0.25, 0.3) is 0 Å². The molecule has 0 heterocycles. The molecule has 0 spiro atoms. The molecule has 2 N–H and O–H groups in total. The van der Waals surface area contributed by atoms with E-state index in [4.69, 9.17) is 9.47 Å². The van der Waals surface area contributed by atoms with Crippen molar-refractivity contribution in [1.82, 2.24) is 10.6 Å². The zero-order chi connectivity index (χ0) is 17.6. The highest BCUT2D eigenvalue weighted by molar-refractivity contribution is 5.67. The first-order chi connectivity index (χ1) is 11.7. The van der Waals surface area contributed by atoms with Gasteiger partial charge in [-0.1, -0.05) is 51.0 Å². The average molecular weight is 336 g/mol. The summed E-state index contributed by atoms with van der Waals surface area (Å²) in [6.45, 7) is 5.81. The van der Waals surface area contributed by atoms with Crippen molar-refractivity contribution in [1.29, 1.82) is 0 Å². The molecule has 0 saturated carbocycles. The number of amides is 2. The summed E-state index contributed by atoms with van der Waals surface area (Å²) in [7, 11) is 0. The number of hydrogen-bond acceptors (Lipinski definition) is 4. The molecule has 0 aliphatic heterocycles. The number of rotatable bonds is 10. The lowest BCUT2D eigenvalue weighted by Gasteiger charge is -2.08. The molecule has 1 aromatic carbocycles. The zero-order valence-electron chi connectivity index (χ0n) is 14.6. The molecule has 24 heavy (non-hydrogen) atoms. The van der Waals surface area contributed by atoms with Gasteiger partial charge in [0.25, 0.3) is 0 Å².